The van der Waals surface area contributed by atoms with Gasteiger partial charge in [-0.3, -0.25) is 9.69 Å². The molecule has 0 bridgehead atoms. The topological polar surface area (TPSA) is 63.1 Å². The van der Waals surface area contributed by atoms with Crippen molar-refractivity contribution in [2.75, 3.05) is 25.2 Å². The Morgan fingerprint density at radius 2 is 1.94 bits per heavy atom. The molecule has 3 aromatic rings. The van der Waals surface area contributed by atoms with Crippen molar-refractivity contribution in [1.82, 2.24) is 19.7 Å². The monoisotopic (exact) mass is 441 g/mol. The van der Waals surface area contributed by atoms with Gasteiger partial charge in [0.1, 0.15) is 5.82 Å². The van der Waals surface area contributed by atoms with Gasteiger partial charge < -0.3 is 9.88 Å². The largest absolute Gasteiger partial charge is 0.325 e. The lowest BCUT2D eigenvalue weighted by molar-refractivity contribution is -0.113. The standard InChI is InChI=1S/C23H28FN5OS/c1-5-20(28(3)4)22-26-27-23(29(22)14-17-9-7-6-8-10-17)31-15-21(30)25-18-12-11-16(2)19(24)13-18/h6-13,20H,5,14-15H2,1-4H3,(H,25,30). The molecule has 0 saturated carbocycles. The lowest BCUT2D eigenvalue weighted by Crippen LogP contribution is -2.23. The number of benzene rings is 2. The first-order valence-electron chi connectivity index (χ1n) is 10.2. The van der Waals surface area contributed by atoms with E-state index >= 15 is 0 Å². The molecule has 0 aliphatic carbocycles. The van der Waals surface area contributed by atoms with E-state index in [-0.39, 0.29) is 23.5 Å². The van der Waals surface area contributed by atoms with Gasteiger partial charge in [-0.1, -0.05) is 55.1 Å². The molecule has 31 heavy (non-hydrogen) atoms. The third-order valence-corrected chi connectivity index (χ3v) is 5.99. The molecule has 0 radical (unpaired) electrons. The van der Waals surface area contributed by atoms with Gasteiger partial charge in [0.15, 0.2) is 11.0 Å². The van der Waals surface area contributed by atoms with Crippen LogP contribution < -0.4 is 5.32 Å². The summed E-state index contributed by atoms with van der Waals surface area (Å²) in [7, 11) is 4.05. The number of aromatic nitrogens is 3. The molecule has 164 valence electrons. The van der Waals surface area contributed by atoms with E-state index in [9.17, 15) is 9.18 Å². The van der Waals surface area contributed by atoms with Crippen LogP contribution in [-0.4, -0.2) is 45.4 Å². The Hall–Kier alpha value is -2.71. The fourth-order valence-corrected chi connectivity index (χ4v) is 4.09. The average molecular weight is 442 g/mol. The summed E-state index contributed by atoms with van der Waals surface area (Å²) in [6, 6.07) is 14.9. The van der Waals surface area contributed by atoms with Gasteiger partial charge in [-0.05, 0) is 50.7 Å². The molecule has 3 rings (SSSR count). The Labute approximate surface area is 186 Å². The Morgan fingerprint density at radius 3 is 2.58 bits per heavy atom. The van der Waals surface area contributed by atoms with Gasteiger partial charge in [0.25, 0.3) is 0 Å². The first-order chi connectivity index (χ1) is 14.9. The van der Waals surface area contributed by atoms with Gasteiger partial charge in [-0.2, -0.15) is 0 Å². The van der Waals surface area contributed by atoms with Crippen molar-refractivity contribution in [3.8, 4) is 0 Å². The maximum absolute atomic E-state index is 13.7. The zero-order valence-electron chi connectivity index (χ0n) is 18.3. The van der Waals surface area contributed by atoms with E-state index < -0.39 is 0 Å². The van der Waals surface area contributed by atoms with Gasteiger partial charge in [-0.25, -0.2) is 4.39 Å². The number of hydrogen-bond acceptors (Lipinski definition) is 5. The SMILES string of the molecule is CCC(c1nnc(SCC(=O)Nc2ccc(C)c(F)c2)n1Cc1ccccc1)N(C)C. The van der Waals surface area contributed by atoms with Gasteiger partial charge >= 0.3 is 0 Å². The van der Waals surface area contributed by atoms with Crippen molar-refractivity contribution in [2.45, 2.75) is 38.0 Å². The van der Waals surface area contributed by atoms with E-state index in [4.69, 9.17) is 0 Å². The second kappa shape index (κ2) is 10.5. The summed E-state index contributed by atoms with van der Waals surface area (Å²) in [5, 5.41) is 12.3. The Kier molecular flexibility index (Phi) is 7.81. The van der Waals surface area contributed by atoms with Crippen molar-refractivity contribution in [1.29, 1.82) is 0 Å². The highest BCUT2D eigenvalue weighted by molar-refractivity contribution is 7.99. The maximum Gasteiger partial charge on any atom is 0.234 e. The van der Waals surface area contributed by atoms with Crippen LogP contribution in [-0.2, 0) is 11.3 Å². The van der Waals surface area contributed by atoms with Gasteiger partial charge in [-0.15, -0.1) is 10.2 Å². The summed E-state index contributed by atoms with van der Waals surface area (Å²) in [5.41, 5.74) is 2.12. The van der Waals surface area contributed by atoms with Crippen LogP contribution in [0.25, 0.3) is 0 Å². The highest BCUT2D eigenvalue weighted by Gasteiger charge is 2.22. The van der Waals surface area contributed by atoms with E-state index in [0.29, 0.717) is 23.0 Å². The fraction of sp³-hybridized carbons (Fsp3) is 0.348. The number of nitrogens with one attached hydrogen (secondary N) is 1. The first kappa shape index (κ1) is 23.0. The van der Waals surface area contributed by atoms with E-state index in [2.05, 4.69) is 44.0 Å². The van der Waals surface area contributed by atoms with E-state index in [1.54, 1.807) is 19.1 Å². The maximum atomic E-state index is 13.7. The number of carbonyl (C=O) groups excluding carboxylic acids is 1. The minimum atomic E-state index is -0.341. The van der Waals surface area contributed by atoms with Crippen LogP contribution in [0.3, 0.4) is 0 Å². The highest BCUT2D eigenvalue weighted by atomic mass is 32.2. The number of halogens is 1. The summed E-state index contributed by atoms with van der Waals surface area (Å²) < 4.78 is 15.8. The van der Waals surface area contributed by atoms with Crippen LogP contribution in [0.1, 0.15) is 36.3 Å². The van der Waals surface area contributed by atoms with E-state index in [0.717, 1.165) is 17.8 Å². The van der Waals surface area contributed by atoms with E-state index in [1.807, 2.05) is 32.3 Å². The van der Waals surface area contributed by atoms with Gasteiger partial charge in [0, 0.05) is 5.69 Å². The molecule has 1 aromatic heterocycles. The quantitative estimate of drug-likeness (QED) is 0.495. The minimum Gasteiger partial charge on any atom is -0.325 e. The third-order valence-electron chi connectivity index (χ3n) is 5.03. The Bertz CT molecular complexity index is 1020. The van der Waals surface area contributed by atoms with Gasteiger partial charge in [0.2, 0.25) is 5.91 Å². The Balaban J connectivity index is 1.77. The smallest absolute Gasteiger partial charge is 0.234 e. The molecule has 1 unspecified atom stereocenters. The molecule has 0 aliphatic rings. The lowest BCUT2D eigenvalue weighted by Gasteiger charge is -2.23. The van der Waals surface area contributed by atoms with Crippen molar-refractivity contribution in [3.63, 3.8) is 0 Å². The summed E-state index contributed by atoms with van der Waals surface area (Å²) in [6.07, 6.45) is 0.893. The molecule has 1 atom stereocenters. The number of rotatable bonds is 9. The van der Waals surface area contributed by atoms with Gasteiger partial charge in [0.05, 0.1) is 18.3 Å². The van der Waals surface area contributed by atoms with Crippen LogP contribution in [0, 0.1) is 12.7 Å². The molecule has 6 nitrogen and oxygen atoms in total. The zero-order chi connectivity index (χ0) is 22.4. The second-order valence-electron chi connectivity index (χ2n) is 7.60. The number of nitrogens with zero attached hydrogens (tertiary/aromatic N) is 4. The van der Waals surface area contributed by atoms with Crippen LogP contribution >= 0.6 is 11.8 Å². The van der Waals surface area contributed by atoms with Crippen LogP contribution in [0.2, 0.25) is 0 Å². The molecule has 0 fully saturated rings. The van der Waals surface area contributed by atoms with Crippen molar-refractivity contribution >= 4 is 23.4 Å². The molecule has 0 spiro atoms. The third kappa shape index (κ3) is 5.92. The molecule has 2 aromatic carbocycles. The number of aryl methyl sites for hydroxylation is 1. The second-order valence-corrected chi connectivity index (χ2v) is 8.54. The summed E-state index contributed by atoms with van der Waals surface area (Å²) in [6.45, 7) is 4.43. The first-order valence-corrected chi connectivity index (χ1v) is 11.2. The molecular weight excluding hydrogens is 413 g/mol. The van der Waals surface area contributed by atoms with Crippen molar-refractivity contribution < 1.29 is 9.18 Å². The molecule has 1 N–H and O–H groups in total. The molecule has 8 heteroatoms. The molecular formula is C23H28FN5OS. The molecule has 1 heterocycles. The summed E-state index contributed by atoms with van der Waals surface area (Å²) in [5.74, 6) is 0.469. The number of hydrogen-bond donors (Lipinski definition) is 1. The summed E-state index contributed by atoms with van der Waals surface area (Å²) >= 11 is 1.33. The van der Waals surface area contributed by atoms with Crippen LogP contribution in [0.4, 0.5) is 10.1 Å². The molecule has 1 amide bonds. The number of thioether (sulfide) groups is 1. The predicted molar refractivity (Wildman–Crippen MR) is 123 cm³/mol. The van der Waals surface area contributed by atoms with E-state index in [1.165, 1.54) is 17.8 Å². The predicted octanol–water partition coefficient (Wildman–Crippen LogP) is 4.52. The zero-order valence-corrected chi connectivity index (χ0v) is 19.1. The lowest BCUT2D eigenvalue weighted by atomic mass is 10.2. The number of anilines is 1. The minimum absolute atomic E-state index is 0.120. The highest BCUT2D eigenvalue weighted by Crippen LogP contribution is 2.26. The van der Waals surface area contributed by atoms with Crippen molar-refractivity contribution in [2.24, 2.45) is 0 Å². The fourth-order valence-electron chi connectivity index (χ4n) is 3.34. The van der Waals surface area contributed by atoms with Crippen LogP contribution in [0.5, 0.6) is 0 Å². The molecule has 0 aliphatic heterocycles. The normalized spacial score (nSPS) is 12.2. The van der Waals surface area contributed by atoms with Crippen molar-refractivity contribution in [3.05, 3.63) is 71.3 Å². The molecule has 0 saturated heterocycles. The Morgan fingerprint density at radius 1 is 1.19 bits per heavy atom. The number of amides is 1. The average Bonchev–Trinajstić information content (AvgIpc) is 3.12. The van der Waals surface area contributed by atoms with Crippen LogP contribution in [0.15, 0.2) is 53.7 Å². The summed E-state index contributed by atoms with van der Waals surface area (Å²) in [4.78, 5) is 14.6. The number of carbonyl (C=O) groups is 1.